The fraction of sp³-hybridized carbons (Fsp3) is 0.0385. The number of benzene rings is 1. The smallest absolute Gasteiger partial charge is 0.150 e. The van der Waals surface area contributed by atoms with Crippen LogP contribution in [0, 0.1) is 5.82 Å². The van der Waals surface area contributed by atoms with E-state index in [0.29, 0.717) is 38.3 Å². The largest absolute Gasteiger partial charge is 0.404 e. The van der Waals surface area contributed by atoms with Crippen LogP contribution in [-0.4, -0.2) is 14.5 Å². The number of halogens is 1. The Morgan fingerprint density at radius 1 is 1.25 bits per heavy atom. The number of H-pyrrole nitrogens is 1. The highest BCUT2D eigenvalue weighted by molar-refractivity contribution is 5.97. The lowest BCUT2D eigenvalue weighted by molar-refractivity contribution is 0.627. The Morgan fingerprint density at radius 2 is 2.06 bits per heavy atom. The van der Waals surface area contributed by atoms with Crippen LogP contribution >= 0.6 is 0 Å². The maximum atomic E-state index is 15.2. The quantitative estimate of drug-likeness (QED) is 0.428. The van der Waals surface area contributed by atoms with Crippen LogP contribution in [0.3, 0.4) is 0 Å². The Kier molecular flexibility index (Phi) is 5.52. The molecule has 3 aromatic heterocycles. The molecule has 0 unspecified atom stereocenters. The molecular formula is C26H24FN5. The van der Waals surface area contributed by atoms with Gasteiger partial charge in [-0.2, -0.15) is 0 Å². The number of hydrogen-bond donors (Lipinski definition) is 3. The van der Waals surface area contributed by atoms with Crippen molar-refractivity contribution in [1.82, 2.24) is 14.5 Å². The second kappa shape index (κ2) is 8.43. The molecule has 4 aromatic rings. The minimum Gasteiger partial charge on any atom is -0.404 e. The van der Waals surface area contributed by atoms with E-state index in [1.54, 1.807) is 18.2 Å². The zero-order chi connectivity index (χ0) is 22.8. The molecule has 0 aliphatic rings. The van der Waals surface area contributed by atoms with Crippen molar-refractivity contribution in [2.75, 3.05) is 0 Å². The number of nitrogens with two attached hydrogens (primary N) is 2. The zero-order valence-corrected chi connectivity index (χ0v) is 17.8. The molecule has 0 saturated carbocycles. The number of aryl methyl sites for hydroxylation is 1. The molecule has 0 bridgehead atoms. The number of aromatic nitrogens is 3. The number of nitrogens with zero attached hydrogens (tertiary/aromatic N) is 2. The van der Waals surface area contributed by atoms with E-state index >= 15 is 4.39 Å². The Labute approximate surface area is 184 Å². The van der Waals surface area contributed by atoms with E-state index in [0.717, 1.165) is 16.5 Å². The van der Waals surface area contributed by atoms with Crippen LogP contribution in [-0.2, 0) is 7.05 Å². The minimum atomic E-state index is -0.420. The van der Waals surface area contributed by atoms with E-state index in [4.69, 9.17) is 11.5 Å². The van der Waals surface area contributed by atoms with Crippen LogP contribution in [0.2, 0.25) is 0 Å². The first kappa shape index (κ1) is 20.9. The molecule has 0 atom stereocenters. The van der Waals surface area contributed by atoms with Crippen LogP contribution in [0.4, 0.5) is 4.39 Å². The van der Waals surface area contributed by atoms with Gasteiger partial charge in [0.1, 0.15) is 11.5 Å². The van der Waals surface area contributed by atoms with E-state index in [1.807, 2.05) is 48.2 Å². The summed E-state index contributed by atoms with van der Waals surface area (Å²) in [6.45, 7) is 7.81. The van der Waals surface area contributed by atoms with Crippen molar-refractivity contribution in [3.63, 3.8) is 0 Å². The molecule has 160 valence electrons. The molecule has 0 amide bonds. The highest BCUT2D eigenvalue weighted by atomic mass is 19.1. The molecule has 4 rings (SSSR count). The monoisotopic (exact) mass is 425 g/mol. The SMILES string of the molecule is C=C/C=C\C(=C/N)C(=C)/C=c1\c(=C/N)[nH]c2ncc(F)c(-c3ccc4c(ccn4C)c3)c12. The summed E-state index contributed by atoms with van der Waals surface area (Å²) < 4.78 is 17.2. The molecule has 0 fully saturated rings. The summed E-state index contributed by atoms with van der Waals surface area (Å²) >= 11 is 0. The molecule has 5 N–H and O–H groups in total. The highest BCUT2D eigenvalue weighted by Gasteiger charge is 2.16. The normalized spacial score (nSPS) is 13.6. The molecule has 0 saturated heterocycles. The van der Waals surface area contributed by atoms with Gasteiger partial charge in [-0.15, -0.1) is 0 Å². The predicted octanol–water partition coefficient (Wildman–Crippen LogP) is 3.48. The van der Waals surface area contributed by atoms with Crippen molar-refractivity contribution in [2.24, 2.45) is 18.5 Å². The van der Waals surface area contributed by atoms with Crippen molar-refractivity contribution in [3.05, 3.63) is 102 Å². The summed E-state index contributed by atoms with van der Waals surface area (Å²) in [5, 5.41) is 2.95. The minimum absolute atomic E-state index is 0.420. The van der Waals surface area contributed by atoms with Gasteiger partial charge in [0, 0.05) is 52.7 Å². The van der Waals surface area contributed by atoms with Crippen molar-refractivity contribution in [2.45, 2.75) is 0 Å². The number of nitrogens with one attached hydrogen (secondary N) is 1. The van der Waals surface area contributed by atoms with E-state index in [-0.39, 0.29) is 0 Å². The average molecular weight is 426 g/mol. The number of allylic oxidation sites excluding steroid dienone is 5. The Hall–Kier alpha value is -4.32. The number of aromatic amines is 1. The van der Waals surface area contributed by atoms with Gasteiger partial charge in [-0.3, -0.25) is 0 Å². The Morgan fingerprint density at radius 3 is 2.78 bits per heavy atom. The molecule has 3 heterocycles. The number of pyridine rings is 1. The lowest BCUT2D eigenvalue weighted by Crippen LogP contribution is -2.25. The summed E-state index contributed by atoms with van der Waals surface area (Å²) in [6, 6.07) is 7.87. The highest BCUT2D eigenvalue weighted by Crippen LogP contribution is 2.30. The van der Waals surface area contributed by atoms with Crippen molar-refractivity contribution in [1.29, 1.82) is 0 Å². The van der Waals surface area contributed by atoms with Crippen LogP contribution in [0.15, 0.2) is 85.4 Å². The van der Waals surface area contributed by atoms with Gasteiger partial charge >= 0.3 is 0 Å². The average Bonchev–Trinajstić information content (AvgIpc) is 3.34. The maximum absolute atomic E-state index is 15.2. The van der Waals surface area contributed by atoms with Crippen LogP contribution in [0.25, 0.3) is 45.3 Å². The van der Waals surface area contributed by atoms with E-state index in [9.17, 15) is 0 Å². The summed E-state index contributed by atoms with van der Waals surface area (Å²) in [4.78, 5) is 7.44. The van der Waals surface area contributed by atoms with Gasteiger partial charge in [-0.1, -0.05) is 37.5 Å². The van der Waals surface area contributed by atoms with Crippen molar-refractivity contribution in [3.8, 4) is 11.1 Å². The zero-order valence-electron chi connectivity index (χ0n) is 17.8. The number of fused-ring (bicyclic) bond motifs is 2. The predicted molar refractivity (Wildman–Crippen MR) is 131 cm³/mol. The van der Waals surface area contributed by atoms with Gasteiger partial charge in [0.15, 0.2) is 0 Å². The third kappa shape index (κ3) is 3.52. The van der Waals surface area contributed by atoms with E-state index < -0.39 is 5.82 Å². The molecule has 5 nitrogen and oxygen atoms in total. The first-order valence-corrected chi connectivity index (χ1v) is 10.0. The van der Waals surface area contributed by atoms with Gasteiger partial charge in [0.2, 0.25) is 0 Å². The first-order chi connectivity index (χ1) is 15.5. The molecule has 1 aromatic carbocycles. The van der Waals surface area contributed by atoms with Crippen LogP contribution < -0.4 is 22.0 Å². The van der Waals surface area contributed by atoms with Crippen LogP contribution in [0.1, 0.15) is 0 Å². The standard InChI is InChI=1S/C26H24FN5/c1-4-5-6-19(13-28)16(2)11-20-22(14-29)31-26-25(20)24(21(27)15-30-26)18-7-8-23-17(12-18)9-10-32(23)3/h4-15H,1-2,28-29H2,3H3,(H,30,31)/b6-5-,19-13+,20-11+,22-14+. The molecule has 6 heteroatoms. The fourth-order valence-electron chi connectivity index (χ4n) is 3.87. The van der Waals surface area contributed by atoms with Gasteiger partial charge in [-0.05, 0) is 41.0 Å². The third-order valence-electron chi connectivity index (χ3n) is 5.47. The summed E-state index contributed by atoms with van der Waals surface area (Å²) in [6.07, 6.45) is 13.1. The Bertz CT molecular complexity index is 1550. The Balaban J connectivity index is 2.04. The molecule has 0 aliphatic heterocycles. The van der Waals surface area contributed by atoms with Gasteiger partial charge in [-0.25, -0.2) is 9.37 Å². The number of hydrogen-bond acceptors (Lipinski definition) is 3. The maximum Gasteiger partial charge on any atom is 0.150 e. The summed E-state index contributed by atoms with van der Waals surface area (Å²) in [5.74, 6) is -0.420. The van der Waals surface area contributed by atoms with Gasteiger partial charge in [0.25, 0.3) is 0 Å². The summed E-state index contributed by atoms with van der Waals surface area (Å²) in [7, 11) is 1.98. The second-order valence-electron chi connectivity index (χ2n) is 7.41. The van der Waals surface area contributed by atoms with Crippen molar-refractivity contribution < 1.29 is 4.39 Å². The van der Waals surface area contributed by atoms with Crippen LogP contribution in [0.5, 0.6) is 0 Å². The second-order valence-corrected chi connectivity index (χ2v) is 7.41. The van der Waals surface area contributed by atoms with E-state index in [1.165, 1.54) is 18.6 Å². The molecular weight excluding hydrogens is 401 g/mol. The fourth-order valence-corrected chi connectivity index (χ4v) is 3.87. The van der Waals surface area contributed by atoms with Gasteiger partial charge in [0.05, 0.1) is 11.5 Å². The number of rotatable bonds is 5. The topological polar surface area (TPSA) is 85.7 Å². The third-order valence-corrected chi connectivity index (χ3v) is 5.47. The molecule has 32 heavy (non-hydrogen) atoms. The lowest BCUT2D eigenvalue weighted by Gasteiger charge is -2.07. The van der Waals surface area contributed by atoms with Gasteiger partial charge < -0.3 is 21.0 Å². The molecule has 0 aliphatic carbocycles. The lowest BCUT2D eigenvalue weighted by atomic mass is 9.99. The first-order valence-electron chi connectivity index (χ1n) is 10.0. The summed E-state index contributed by atoms with van der Waals surface area (Å²) in [5.41, 5.74) is 15.8. The molecule has 0 spiro atoms. The van der Waals surface area contributed by atoms with E-state index in [2.05, 4.69) is 23.1 Å². The van der Waals surface area contributed by atoms with Crippen molar-refractivity contribution >= 4 is 34.2 Å². The molecule has 0 radical (unpaired) electrons.